The van der Waals surface area contributed by atoms with Gasteiger partial charge in [-0.15, -0.1) is 10.2 Å². The van der Waals surface area contributed by atoms with Gasteiger partial charge < -0.3 is 9.88 Å². The Hall–Kier alpha value is -3.03. The highest BCUT2D eigenvalue weighted by Crippen LogP contribution is 2.38. The number of benzene rings is 1. The number of nitrogens with one attached hydrogen (secondary N) is 1. The number of likely N-dealkylation sites (tertiary alicyclic amines) is 1. The Morgan fingerprint density at radius 3 is 2.56 bits per heavy atom. The van der Waals surface area contributed by atoms with Crippen LogP contribution >= 0.6 is 0 Å². The van der Waals surface area contributed by atoms with Crippen LogP contribution in [-0.2, 0) is 27.3 Å². The van der Waals surface area contributed by atoms with Crippen molar-refractivity contribution >= 4 is 23.4 Å². The van der Waals surface area contributed by atoms with Crippen molar-refractivity contribution in [1.82, 2.24) is 19.7 Å². The standard InChI is InChI=1S/C24H29N5O3/c30-21(12-14-29-23(31)18-9-3-4-10-19(18)24(29)32)25-17-8-6-7-16(15-17)22-27-26-20-11-2-1-5-13-28(20)22/h6-8,15,18-19H,1-5,9-14H2,(H,25,30). The van der Waals surface area contributed by atoms with Crippen LogP contribution in [0.5, 0.6) is 0 Å². The van der Waals surface area contributed by atoms with Crippen molar-refractivity contribution in [3.63, 3.8) is 0 Å². The van der Waals surface area contributed by atoms with E-state index in [9.17, 15) is 14.4 Å². The van der Waals surface area contributed by atoms with E-state index in [0.717, 1.165) is 68.7 Å². The minimum Gasteiger partial charge on any atom is -0.326 e. The fourth-order valence-electron chi connectivity index (χ4n) is 5.32. The molecule has 1 saturated carbocycles. The highest BCUT2D eigenvalue weighted by atomic mass is 16.2. The Morgan fingerprint density at radius 2 is 1.78 bits per heavy atom. The van der Waals surface area contributed by atoms with Crippen LogP contribution in [0, 0.1) is 11.8 Å². The van der Waals surface area contributed by atoms with E-state index in [1.54, 1.807) is 0 Å². The molecule has 8 heteroatoms. The van der Waals surface area contributed by atoms with Gasteiger partial charge in [0.25, 0.3) is 0 Å². The summed E-state index contributed by atoms with van der Waals surface area (Å²) in [5, 5.41) is 11.7. The van der Waals surface area contributed by atoms with Gasteiger partial charge in [-0.1, -0.05) is 31.4 Å². The Labute approximate surface area is 187 Å². The van der Waals surface area contributed by atoms with E-state index in [1.165, 1.54) is 11.3 Å². The third kappa shape index (κ3) is 3.94. The summed E-state index contributed by atoms with van der Waals surface area (Å²) in [5.41, 5.74) is 1.59. The molecule has 1 aromatic carbocycles. The minimum absolute atomic E-state index is 0.0954. The molecule has 2 aliphatic heterocycles. The molecular weight excluding hydrogens is 406 g/mol. The maximum atomic E-state index is 12.6. The molecule has 3 heterocycles. The first-order valence-electron chi connectivity index (χ1n) is 11.8. The van der Waals surface area contributed by atoms with E-state index in [1.807, 2.05) is 24.3 Å². The first kappa shape index (κ1) is 20.8. The summed E-state index contributed by atoms with van der Waals surface area (Å²) in [6.07, 6.45) is 8.07. The number of aromatic nitrogens is 3. The number of hydrogen-bond acceptors (Lipinski definition) is 5. The summed E-state index contributed by atoms with van der Waals surface area (Å²) in [5.74, 6) is 1.10. The molecule has 0 bridgehead atoms. The van der Waals surface area contributed by atoms with Gasteiger partial charge in [0, 0.05) is 37.2 Å². The summed E-state index contributed by atoms with van der Waals surface area (Å²) in [6.45, 7) is 1.06. The molecule has 32 heavy (non-hydrogen) atoms. The first-order chi connectivity index (χ1) is 15.6. The summed E-state index contributed by atoms with van der Waals surface area (Å²) >= 11 is 0. The predicted octanol–water partition coefficient (Wildman–Crippen LogP) is 3.18. The first-order valence-corrected chi connectivity index (χ1v) is 11.8. The molecule has 2 unspecified atom stereocenters. The highest BCUT2D eigenvalue weighted by Gasteiger charge is 2.47. The van der Waals surface area contributed by atoms with Crippen LogP contribution in [0.2, 0.25) is 0 Å². The number of anilines is 1. The summed E-state index contributed by atoms with van der Waals surface area (Å²) < 4.78 is 2.18. The van der Waals surface area contributed by atoms with Crippen LogP contribution < -0.4 is 5.32 Å². The lowest BCUT2D eigenvalue weighted by Crippen LogP contribution is -2.34. The summed E-state index contributed by atoms with van der Waals surface area (Å²) in [6, 6.07) is 7.60. The molecule has 5 rings (SSSR count). The predicted molar refractivity (Wildman–Crippen MR) is 118 cm³/mol. The molecule has 3 amide bonds. The van der Waals surface area contributed by atoms with Gasteiger partial charge in [-0.3, -0.25) is 19.3 Å². The SMILES string of the molecule is O=C(CCN1C(=O)C2CCCCC2C1=O)Nc1cccc(-c2nnc3n2CCCCC3)c1. The quantitative estimate of drug-likeness (QED) is 0.728. The van der Waals surface area contributed by atoms with Gasteiger partial charge >= 0.3 is 0 Å². The molecule has 1 saturated heterocycles. The van der Waals surface area contributed by atoms with Crippen LogP contribution in [0.1, 0.15) is 57.2 Å². The second kappa shape index (κ2) is 8.84. The number of carbonyl (C=O) groups excluding carboxylic acids is 3. The van der Waals surface area contributed by atoms with E-state index in [0.29, 0.717) is 5.69 Å². The van der Waals surface area contributed by atoms with Crippen molar-refractivity contribution in [2.45, 2.75) is 64.3 Å². The second-order valence-electron chi connectivity index (χ2n) is 9.11. The van der Waals surface area contributed by atoms with Crippen molar-refractivity contribution in [3.8, 4) is 11.4 Å². The van der Waals surface area contributed by atoms with E-state index < -0.39 is 0 Å². The second-order valence-corrected chi connectivity index (χ2v) is 9.11. The molecule has 1 aliphatic carbocycles. The van der Waals surface area contributed by atoms with Gasteiger partial charge in [-0.05, 0) is 37.8 Å². The van der Waals surface area contributed by atoms with Crippen LogP contribution in [0.25, 0.3) is 11.4 Å². The molecule has 3 aliphatic rings. The molecule has 2 atom stereocenters. The number of imide groups is 1. The number of hydrogen-bond donors (Lipinski definition) is 1. The fraction of sp³-hybridized carbons (Fsp3) is 0.542. The highest BCUT2D eigenvalue weighted by molar-refractivity contribution is 6.05. The molecule has 2 aromatic rings. The van der Waals surface area contributed by atoms with Gasteiger partial charge in [-0.25, -0.2) is 0 Å². The fourth-order valence-corrected chi connectivity index (χ4v) is 5.32. The van der Waals surface area contributed by atoms with Crippen LogP contribution in [0.4, 0.5) is 5.69 Å². The van der Waals surface area contributed by atoms with Gasteiger partial charge in [-0.2, -0.15) is 0 Å². The lowest BCUT2D eigenvalue weighted by atomic mass is 9.81. The van der Waals surface area contributed by atoms with Crippen LogP contribution in [-0.4, -0.2) is 43.9 Å². The Balaban J connectivity index is 1.23. The van der Waals surface area contributed by atoms with Gasteiger partial charge in [0.15, 0.2) is 5.82 Å². The third-order valence-corrected chi connectivity index (χ3v) is 7.01. The van der Waals surface area contributed by atoms with E-state index in [2.05, 4.69) is 20.1 Å². The lowest BCUT2D eigenvalue weighted by molar-refractivity contribution is -0.140. The number of amides is 3. The largest absolute Gasteiger partial charge is 0.326 e. The minimum atomic E-state index is -0.210. The molecular formula is C24H29N5O3. The number of fused-ring (bicyclic) bond motifs is 2. The zero-order chi connectivity index (χ0) is 22.1. The average Bonchev–Trinajstić information content (AvgIpc) is 3.20. The summed E-state index contributed by atoms with van der Waals surface area (Å²) in [7, 11) is 0. The van der Waals surface area contributed by atoms with Crippen molar-refractivity contribution < 1.29 is 14.4 Å². The van der Waals surface area contributed by atoms with Crippen molar-refractivity contribution in [3.05, 3.63) is 30.1 Å². The Bertz CT molecular complexity index is 1020. The molecule has 0 radical (unpaired) electrons. The Kier molecular flexibility index (Phi) is 5.76. The van der Waals surface area contributed by atoms with Gasteiger partial charge in [0.2, 0.25) is 17.7 Å². The Morgan fingerprint density at radius 1 is 1.00 bits per heavy atom. The monoisotopic (exact) mass is 435 g/mol. The number of nitrogens with zero attached hydrogens (tertiary/aromatic N) is 4. The maximum Gasteiger partial charge on any atom is 0.233 e. The zero-order valence-electron chi connectivity index (χ0n) is 18.3. The number of carbonyl (C=O) groups is 3. The van der Waals surface area contributed by atoms with Crippen molar-refractivity contribution in [2.75, 3.05) is 11.9 Å². The van der Waals surface area contributed by atoms with Gasteiger partial charge in [0.05, 0.1) is 11.8 Å². The van der Waals surface area contributed by atoms with Crippen LogP contribution in [0.15, 0.2) is 24.3 Å². The number of aryl methyl sites for hydroxylation is 1. The van der Waals surface area contributed by atoms with Crippen LogP contribution in [0.3, 0.4) is 0 Å². The van der Waals surface area contributed by atoms with E-state index in [-0.39, 0.29) is 42.5 Å². The molecule has 8 nitrogen and oxygen atoms in total. The molecule has 2 fully saturated rings. The maximum absolute atomic E-state index is 12.6. The molecule has 0 spiro atoms. The zero-order valence-corrected chi connectivity index (χ0v) is 18.3. The lowest BCUT2D eigenvalue weighted by Gasteiger charge is -2.19. The van der Waals surface area contributed by atoms with Gasteiger partial charge in [0.1, 0.15) is 5.82 Å². The van der Waals surface area contributed by atoms with Crippen molar-refractivity contribution in [2.24, 2.45) is 11.8 Å². The normalized spacial score (nSPS) is 22.9. The number of rotatable bonds is 5. The van der Waals surface area contributed by atoms with E-state index >= 15 is 0 Å². The molecule has 168 valence electrons. The smallest absolute Gasteiger partial charge is 0.233 e. The average molecular weight is 436 g/mol. The topological polar surface area (TPSA) is 97.2 Å². The summed E-state index contributed by atoms with van der Waals surface area (Å²) in [4.78, 5) is 39.1. The van der Waals surface area contributed by atoms with E-state index in [4.69, 9.17) is 0 Å². The third-order valence-electron chi connectivity index (χ3n) is 7.01. The molecule has 1 N–H and O–H groups in total. The van der Waals surface area contributed by atoms with Crippen molar-refractivity contribution in [1.29, 1.82) is 0 Å². The molecule has 1 aromatic heterocycles.